The summed E-state index contributed by atoms with van der Waals surface area (Å²) in [6.45, 7) is 1.98. The Balaban J connectivity index is 1.22. The molecule has 0 atom stereocenters. The van der Waals surface area contributed by atoms with Crippen LogP contribution < -0.4 is 5.32 Å². The zero-order chi connectivity index (χ0) is 20.8. The normalized spacial score (nSPS) is 14.6. The molecule has 1 aliphatic heterocycles. The maximum absolute atomic E-state index is 13.1. The van der Waals surface area contributed by atoms with E-state index in [1.807, 2.05) is 23.1 Å². The molecule has 1 aromatic heterocycles. The SMILES string of the molecule is O=C(NCCCc1ccccc1)N1CCC(c2nnc(-c3ccc(F)cc3)o2)CC1. The first-order valence-electron chi connectivity index (χ1n) is 10.3. The van der Waals surface area contributed by atoms with Crippen molar-refractivity contribution in [1.29, 1.82) is 0 Å². The van der Waals surface area contributed by atoms with E-state index < -0.39 is 0 Å². The van der Waals surface area contributed by atoms with Crippen LogP contribution in [0.25, 0.3) is 11.5 Å². The second-order valence-electron chi connectivity index (χ2n) is 7.53. The fourth-order valence-electron chi connectivity index (χ4n) is 3.68. The van der Waals surface area contributed by atoms with Gasteiger partial charge in [-0.25, -0.2) is 9.18 Å². The number of amides is 2. The summed E-state index contributed by atoms with van der Waals surface area (Å²) in [4.78, 5) is 14.2. The lowest BCUT2D eigenvalue weighted by Gasteiger charge is -2.30. The van der Waals surface area contributed by atoms with E-state index >= 15 is 0 Å². The van der Waals surface area contributed by atoms with Gasteiger partial charge in [0, 0.05) is 31.1 Å². The minimum atomic E-state index is -0.302. The molecular formula is C23H25FN4O2. The highest BCUT2D eigenvalue weighted by molar-refractivity contribution is 5.74. The van der Waals surface area contributed by atoms with E-state index in [1.165, 1.54) is 17.7 Å². The fraction of sp³-hybridized carbons (Fsp3) is 0.348. The van der Waals surface area contributed by atoms with Crippen molar-refractivity contribution in [2.24, 2.45) is 0 Å². The number of hydrogen-bond acceptors (Lipinski definition) is 4. The summed E-state index contributed by atoms with van der Waals surface area (Å²) in [7, 11) is 0. The minimum absolute atomic E-state index is 0.0148. The summed E-state index contributed by atoms with van der Waals surface area (Å²) in [6.07, 6.45) is 3.43. The number of aromatic nitrogens is 2. The van der Waals surface area contributed by atoms with Crippen LogP contribution in [0.3, 0.4) is 0 Å². The summed E-state index contributed by atoms with van der Waals surface area (Å²) in [5.74, 6) is 0.805. The van der Waals surface area contributed by atoms with Crippen LogP contribution in [-0.4, -0.2) is 40.8 Å². The van der Waals surface area contributed by atoms with Crippen molar-refractivity contribution >= 4 is 6.03 Å². The second kappa shape index (κ2) is 9.52. The van der Waals surface area contributed by atoms with Crippen LogP contribution in [0, 0.1) is 5.82 Å². The molecule has 0 bridgehead atoms. The van der Waals surface area contributed by atoms with Crippen molar-refractivity contribution < 1.29 is 13.6 Å². The summed E-state index contributed by atoms with van der Waals surface area (Å²) in [5.41, 5.74) is 1.98. The maximum atomic E-state index is 13.1. The van der Waals surface area contributed by atoms with Crippen LogP contribution in [0.4, 0.5) is 9.18 Å². The number of rotatable bonds is 6. The molecule has 1 saturated heterocycles. The van der Waals surface area contributed by atoms with Crippen molar-refractivity contribution in [2.75, 3.05) is 19.6 Å². The standard InChI is InChI=1S/C23H25FN4O2/c24-20-10-8-18(9-11-20)21-26-27-22(30-21)19-12-15-28(16-13-19)23(29)25-14-4-7-17-5-2-1-3-6-17/h1-3,5-6,8-11,19H,4,7,12-16H2,(H,25,29). The summed E-state index contributed by atoms with van der Waals surface area (Å²) < 4.78 is 18.9. The quantitative estimate of drug-likeness (QED) is 0.614. The number of nitrogens with one attached hydrogen (secondary N) is 1. The van der Waals surface area contributed by atoms with Crippen molar-refractivity contribution in [3.8, 4) is 11.5 Å². The third-order valence-electron chi connectivity index (χ3n) is 5.42. The van der Waals surface area contributed by atoms with Crippen LogP contribution >= 0.6 is 0 Å². The lowest BCUT2D eigenvalue weighted by atomic mass is 9.97. The smallest absolute Gasteiger partial charge is 0.317 e. The fourth-order valence-corrected chi connectivity index (χ4v) is 3.68. The molecule has 2 heterocycles. The first-order chi connectivity index (χ1) is 14.7. The number of hydrogen-bond donors (Lipinski definition) is 1. The van der Waals surface area contributed by atoms with Gasteiger partial charge in [-0.3, -0.25) is 0 Å². The van der Waals surface area contributed by atoms with Gasteiger partial charge in [0.1, 0.15) is 5.82 Å². The van der Waals surface area contributed by atoms with Gasteiger partial charge >= 0.3 is 6.03 Å². The number of carbonyl (C=O) groups excluding carboxylic acids is 1. The Morgan fingerprint density at radius 1 is 1.07 bits per heavy atom. The van der Waals surface area contributed by atoms with Crippen molar-refractivity contribution in [3.63, 3.8) is 0 Å². The second-order valence-corrected chi connectivity index (χ2v) is 7.53. The van der Waals surface area contributed by atoms with Gasteiger partial charge in [-0.15, -0.1) is 10.2 Å². The maximum Gasteiger partial charge on any atom is 0.317 e. The van der Waals surface area contributed by atoms with Crippen molar-refractivity contribution in [1.82, 2.24) is 20.4 Å². The third-order valence-corrected chi connectivity index (χ3v) is 5.42. The highest BCUT2D eigenvalue weighted by Crippen LogP contribution is 2.29. The van der Waals surface area contributed by atoms with Crippen molar-refractivity contribution in [2.45, 2.75) is 31.6 Å². The van der Waals surface area contributed by atoms with Crippen LogP contribution in [0.1, 0.15) is 36.6 Å². The van der Waals surface area contributed by atoms with Gasteiger partial charge in [-0.05, 0) is 55.5 Å². The number of likely N-dealkylation sites (tertiary alicyclic amines) is 1. The van der Waals surface area contributed by atoms with E-state index in [0.29, 0.717) is 37.0 Å². The number of aryl methyl sites for hydroxylation is 1. The Hall–Kier alpha value is -3.22. The van der Waals surface area contributed by atoms with Gasteiger partial charge in [-0.2, -0.15) is 0 Å². The lowest BCUT2D eigenvalue weighted by molar-refractivity contribution is 0.177. The van der Waals surface area contributed by atoms with Crippen molar-refractivity contribution in [3.05, 3.63) is 71.9 Å². The van der Waals surface area contributed by atoms with Gasteiger partial charge in [0.05, 0.1) is 0 Å². The number of halogens is 1. The molecule has 2 aromatic carbocycles. The summed E-state index contributed by atoms with van der Waals surface area (Å²) in [6, 6.07) is 16.2. The van der Waals surface area contributed by atoms with Gasteiger partial charge in [0.15, 0.2) is 0 Å². The zero-order valence-corrected chi connectivity index (χ0v) is 16.8. The van der Waals surface area contributed by atoms with E-state index in [4.69, 9.17) is 4.42 Å². The monoisotopic (exact) mass is 408 g/mol. The minimum Gasteiger partial charge on any atom is -0.420 e. The molecule has 6 nitrogen and oxygen atoms in total. The highest BCUT2D eigenvalue weighted by Gasteiger charge is 2.27. The van der Waals surface area contributed by atoms with E-state index in [1.54, 1.807) is 12.1 Å². The van der Waals surface area contributed by atoms with Crippen LogP contribution in [0.2, 0.25) is 0 Å². The van der Waals surface area contributed by atoms with Gasteiger partial charge in [-0.1, -0.05) is 30.3 Å². The molecule has 3 aromatic rings. The number of benzene rings is 2. The average Bonchev–Trinajstić information content (AvgIpc) is 3.28. The van der Waals surface area contributed by atoms with E-state index in [9.17, 15) is 9.18 Å². The van der Waals surface area contributed by atoms with Gasteiger partial charge < -0.3 is 14.6 Å². The molecule has 1 N–H and O–H groups in total. The molecule has 156 valence electrons. The largest absolute Gasteiger partial charge is 0.420 e. The van der Waals surface area contributed by atoms with Gasteiger partial charge in [0.25, 0.3) is 0 Å². The molecule has 0 aliphatic carbocycles. The van der Waals surface area contributed by atoms with Crippen LogP contribution in [0.15, 0.2) is 59.0 Å². The first kappa shape index (κ1) is 20.1. The molecule has 0 spiro atoms. The molecule has 4 rings (SSSR count). The molecule has 30 heavy (non-hydrogen) atoms. The van der Waals surface area contributed by atoms with Crippen LogP contribution in [-0.2, 0) is 6.42 Å². The molecule has 1 aliphatic rings. The molecule has 0 unspecified atom stereocenters. The van der Waals surface area contributed by atoms with E-state index in [-0.39, 0.29) is 17.8 Å². The molecule has 0 saturated carbocycles. The summed E-state index contributed by atoms with van der Waals surface area (Å²) in [5, 5.41) is 11.3. The van der Waals surface area contributed by atoms with Gasteiger partial charge in [0.2, 0.25) is 11.8 Å². The Morgan fingerprint density at radius 2 is 1.80 bits per heavy atom. The molecule has 7 heteroatoms. The lowest BCUT2D eigenvalue weighted by Crippen LogP contribution is -2.44. The number of nitrogens with zero attached hydrogens (tertiary/aromatic N) is 3. The van der Waals surface area contributed by atoms with Crippen LogP contribution in [0.5, 0.6) is 0 Å². The predicted molar refractivity (Wildman–Crippen MR) is 111 cm³/mol. The first-order valence-corrected chi connectivity index (χ1v) is 10.3. The molecule has 2 amide bonds. The predicted octanol–water partition coefficient (Wildman–Crippen LogP) is 4.40. The zero-order valence-electron chi connectivity index (χ0n) is 16.8. The molecular weight excluding hydrogens is 383 g/mol. The van der Waals surface area contributed by atoms with E-state index in [2.05, 4.69) is 27.6 Å². The number of piperidine rings is 1. The molecule has 0 radical (unpaired) electrons. The highest BCUT2D eigenvalue weighted by atomic mass is 19.1. The topological polar surface area (TPSA) is 71.3 Å². The number of urea groups is 1. The Morgan fingerprint density at radius 3 is 2.53 bits per heavy atom. The Kier molecular flexibility index (Phi) is 6.37. The molecule has 1 fully saturated rings. The number of carbonyl (C=O) groups is 1. The Labute approximate surface area is 175 Å². The Bertz CT molecular complexity index is 951. The summed E-state index contributed by atoms with van der Waals surface area (Å²) >= 11 is 0. The van der Waals surface area contributed by atoms with E-state index in [0.717, 1.165) is 25.7 Å². The average molecular weight is 408 g/mol. The third kappa shape index (κ3) is 5.03.